The van der Waals surface area contributed by atoms with Gasteiger partial charge >= 0.3 is 0 Å². The second-order valence-corrected chi connectivity index (χ2v) is 13.4. The summed E-state index contributed by atoms with van der Waals surface area (Å²) >= 11 is 15.9. The molecule has 0 spiro atoms. The molecule has 0 unspecified atom stereocenters. The topological polar surface area (TPSA) is 25.8 Å². The van der Waals surface area contributed by atoms with Crippen molar-refractivity contribution in [2.24, 2.45) is 0 Å². The molecule has 0 N–H and O–H groups in total. The van der Waals surface area contributed by atoms with E-state index in [-0.39, 0.29) is 0 Å². The number of hydrogen-bond donors (Lipinski definition) is 0. The largest absolute Gasteiger partial charge is 0.172 e. The zero-order valence-corrected chi connectivity index (χ0v) is 21.7. The van der Waals surface area contributed by atoms with Crippen molar-refractivity contribution in [2.45, 2.75) is 23.6 Å². The number of rotatable bonds is 6. The summed E-state index contributed by atoms with van der Waals surface area (Å²) in [5.41, 5.74) is 4.50. The van der Waals surface area contributed by atoms with Crippen LogP contribution in [0, 0.1) is 0 Å². The molecule has 3 heterocycles. The van der Waals surface area contributed by atoms with E-state index in [1.807, 2.05) is 23.5 Å². The molecule has 0 aliphatic rings. The second kappa shape index (κ2) is 8.85. The number of aromatic nitrogens is 2. The van der Waals surface area contributed by atoms with E-state index in [4.69, 9.17) is 8.75 Å². The van der Waals surface area contributed by atoms with Crippen LogP contribution in [-0.2, 0) is 0 Å². The zero-order chi connectivity index (χ0) is 19.0. The Morgan fingerprint density at radius 2 is 1.22 bits per heavy atom. The van der Waals surface area contributed by atoms with E-state index in [1.165, 1.54) is 42.4 Å². The molecule has 0 fully saturated rings. The van der Waals surface area contributed by atoms with Gasteiger partial charge in [0.05, 0.1) is 19.3 Å². The molecule has 2 nitrogen and oxygen atoms in total. The number of benzene rings is 1. The van der Waals surface area contributed by atoms with Crippen LogP contribution in [0.1, 0.15) is 13.8 Å². The van der Waals surface area contributed by atoms with Gasteiger partial charge in [-0.05, 0) is 67.6 Å². The number of fused-ring (bicyclic) bond motifs is 1. The van der Waals surface area contributed by atoms with Crippen LogP contribution in [0.2, 0.25) is 0 Å². The Hall–Kier alpha value is 0.1000. The molecule has 1 aromatic carbocycles. The molecule has 0 amide bonds. The van der Waals surface area contributed by atoms with Gasteiger partial charge in [-0.3, -0.25) is 0 Å². The summed E-state index contributed by atoms with van der Waals surface area (Å²) < 4.78 is 11.7. The highest BCUT2D eigenvalue weighted by Gasteiger charge is 2.25. The highest BCUT2D eigenvalue weighted by molar-refractivity contribution is 9.11. The lowest BCUT2D eigenvalue weighted by Crippen LogP contribution is -1.93. The van der Waals surface area contributed by atoms with Gasteiger partial charge in [-0.25, -0.2) is 0 Å². The normalized spacial score (nSPS) is 11.6. The van der Waals surface area contributed by atoms with Crippen molar-refractivity contribution >= 4 is 101 Å². The summed E-state index contributed by atoms with van der Waals surface area (Å²) in [4.78, 5) is 5.15. The fourth-order valence-corrected chi connectivity index (χ4v) is 8.54. The Bertz CT molecular complexity index is 1010. The molecule has 9 heteroatoms. The van der Waals surface area contributed by atoms with Gasteiger partial charge in [-0.1, -0.05) is 13.8 Å². The maximum absolute atomic E-state index is 4.73. The van der Waals surface area contributed by atoms with Crippen LogP contribution in [0.15, 0.2) is 41.6 Å². The molecule has 3 aromatic heterocycles. The molecular weight excluding hydrogens is 564 g/mol. The first-order chi connectivity index (χ1) is 13.1. The van der Waals surface area contributed by atoms with Gasteiger partial charge in [0.2, 0.25) is 0 Å². The first-order valence-corrected chi connectivity index (χ1v) is 14.1. The SMILES string of the molecule is CCSc1c(SCC)c(-c2ccc(Br)s2)c2nsnc2c1-c1ccc(Br)s1. The summed E-state index contributed by atoms with van der Waals surface area (Å²) in [5, 5.41) is 0. The molecular formula is C18H14Br2N2S5. The molecule has 4 rings (SSSR count). The third kappa shape index (κ3) is 3.93. The fourth-order valence-electron chi connectivity index (χ4n) is 2.88. The second-order valence-electron chi connectivity index (χ2n) is 5.44. The van der Waals surface area contributed by atoms with Gasteiger partial charge in [0.25, 0.3) is 0 Å². The third-order valence-corrected chi connectivity index (χ3v) is 9.75. The standard InChI is InChI=1S/C18H14Br2N2S5/c1-3-23-17-13(9-5-7-11(19)25-9)15-16(22-27-21-15)14(18(17)24-4-2)10-6-8-12(20)26-10/h5-8H,3-4H2,1-2H3. The summed E-state index contributed by atoms with van der Waals surface area (Å²) in [6, 6.07) is 8.60. The Morgan fingerprint density at radius 3 is 1.56 bits per heavy atom. The molecule has 0 aliphatic carbocycles. The van der Waals surface area contributed by atoms with E-state index in [1.54, 1.807) is 22.7 Å². The van der Waals surface area contributed by atoms with Gasteiger partial charge in [-0.15, -0.1) is 46.2 Å². The summed E-state index contributed by atoms with van der Waals surface area (Å²) in [6.07, 6.45) is 0. The quantitative estimate of drug-likeness (QED) is 0.214. The van der Waals surface area contributed by atoms with Crippen molar-refractivity contribution < 1.29 is 0 Å². The first-order valence-electron chi connectivity index (χ1n) is 8.23. The van der Waals surface area contributed by atoms with Crippen molar-refractivity contribution in [3.8, 4) is 20.9 Å². The molecule has 27 heavy (non-hydrogen) atoms. The van der Waals surface area contributed by atoms with Crippen LogP contribution in [0.5, 0.6) is 0 Å². The summed E-state index contributed by atoms with van der Waals surface area (Å²) in [6.45, 7) is 4.42. The smallest absolute Gasteiger partial charge is 0.115 e. The highest BCUT2D eigenvalue weighted by atomic mass is 79.9. The minimum absolute atomic E-state index is 1.02. The van der Waals surface area contributed by atoms with Crippen molar-refractivity contribution in [1.82, 2.24) is 8.75 Å². The van der Waals surface area contributed by atoms with Crippen molar-refractivity contribution in [1.29, 1.82) is 0 Å². The van der Waals surface area contributed by atoms with Crippen molar-refractivity contribution in [3.63, 3.8) is 0 Å². The average molecular weight is 578 g/mol. The van der Waals surface area contributed by atoms with Gasteiger partial charge in [0.1, 0.15) is 11.0 Å². The molecule has 4 aromatic rings. The lowest BCUT2D eigenvalue weighted by atomic mass is 10.1. The fraction of sp³-hybridized carbons (Fsp3) is 0.222. The Morgan fingerprint density at radius 1 is 0.778 bits per heavy atom. The van der Waals surface area contributed by atoms with Gasteiger partial charge in [0.15, 0.2) is 0 Å². The molecule has 0 radical (unpaired) electrons. The van der Waals surface area contributed by atoms with Crippen LogP contribution in [0.3, 0.4) is 0 Å². The van der Waals surface area contributed by atoms with E-state index < -0.39 is 0 Å². The third-order valence-electron chi connectivity index (χ3n) is 3.84. The van der Waals surface area contributed by atoms with Crippen molar-refractivity contribution in [3.05, 3.63) is 31.8 Å². The highest BCUT2D eigenvalue weighted by Crippen LogP contribution is 2.51. The van der Waals surface area contributed by atoms with Gasteiger partial charge in [0, 0.05) is 30.7 Å². The number of thiophene rings is 2. The minimum atomic E-state index is 1.02. The lowest BCUT2D eigenvalue weighted by molar-refractivity contribution is 1.27. The summed E-state index contributed by atoms with van der Waals surface area (Å²) in [5.74, 6) is 2.04. The molecule has 0 atom stereocenters. The molecule has 0 saturated carbocycles. The number of nitrogens with zero attached hydrogens (tertiary/aromatic N) is 2. The number of hydrogen-bond acceptors (Lipinski definition) is 7. The van der Waals surface area contributed by atoms with Crippen LogP contribution in [-0.4, -0.2) is 20.3 Å². The first kappa shape index (κ1) is 20.4. The predicted molar refractivity (Wildman–Crippen MR) is 132 cm³/mol. The molecule has 0 aliphatic heterocycles. The van der Waals surface area contributed by atoms with Crippen LogP contribution < -0.4 is 0 Å². The van der Waals surface area contributed by atoms with E-state index >= 15 is 0 Å². The maximum Gasteiger partial charge on any atom is 0.115 e. The van der Waals surface area contributed by atoms with E-state index in [9.17, 15) is 0 Å². The Kier molecular flexibility index (Phi) is 6.68. The summed E-state index contributed by atoms with van der Waals surface area (Å²) in [7, 11) is 0. The predicted octanol–water partition coefficient (Wildman–Crippen LogP) is 8.90. The Labute approximate surface area is 195 Å². The zero-order valence-electron chi connectivity index (χ0n) is 14.4. The number of thioether (sulfide) groups is 2. The minimum Gasteiger partial charge on any atom is -0.172 e. The average Bonchev–Trinajstić information content (AvgIpc) is 3.37. The van der Waals surface area contributed by atoms with E-state index in [2.05, 4.69) is 70.0 Å². The van der Waals surface area contributed by atoms with Gasteiger partial charge < -0.3 is 0 Å². The van der Waals surface area contributed by atoms with E-state index in [0.29, 0.717) is 0 Å². The Balaban J connectivity index is 2.12. The molecule has 0 bridgehead atoms. The lowest BCUT2D eigenvalue weighted by Gasteiger charge is -2.17. The molecule has 0 saturated heterocycles. The van der Waals surface area contributed by atoms with Crippen LogP contribution in [0.4, 0.5) is 0 Å². The van der Waals surface area contributed by atoms with Crippen LogP contribution in [0.25, 0.3) is 31.9 Å². The molecule has 140 valence electrons. The number of halogens is 2. The maximum atomic E-state index is 4.73. The van der Waals surface area contributed by atoms with E-state index in [0.717, 1.165) is 30.1 Å². The van der Waals surface area contributed by atoms with Crippen molar-refractivity contribution in [2.75, 3.05) is 11.5 Å². The van der Waals surface area contributed by atoms with Gasteiger partial charge in [-0.2, -0.15) is 8.75 Å². The monoisotopic (exact) mass is 576 g/mol. The van der Waals surface area contributed by atoms with Crippen LogP contribution >= 0.6 is 89.8 Å².